The number of nitrogens with zero attached hydrogens (tertiary/aromatic N) is 2. The molecule has 2 saturated heterocycles. The van der Waals surface area contributed by atoms with Crippen LogP contribution in [-0.2, 0) is 44.7 Å². The van der Waals surface area contributed by atoms with Crippen LogP contribution in [0.1, 0.15) is 93.5 Å². The number of likely N-dealkylation sites (tertiary alicyclic amines) is 2. The van der Waals surface area contributed by atoms with Gasteiger partial charge in [-0.25, -0.2) is 9.59 Å². The molecule has 0 spiro atoms. The van der Waals surface area contributed by atoms with Gasteiger partial charge in [-0.3, -0.25) is 28.8 Å². The number of amides is 6. The van der Waals surface area contributed by atoms with E-state index in [-0.39, 0.29) is 49.9 Å². The molecule has 0 aromatic heterocycles. The minimum Gasteiger partial charge on any atom is -0.392 e. The Morgan fingerprint density at radius 2 is 0.986 bits per heavy atom. The predicted octanol–water partition coefficient (Wildman–Crippen LogP) is 4.81. The Kier molecular flexibility index (Phi) is 18.3. The highest BCUT2D eigenvalue weighted by atomic mass is 19.4. The minimum absolute atomic E-state index is 0.00867. The van der Waals surface area contributed by atoms with Crippen molar-refractivity contribution in [3.8, 4) is 0 Å². The van der Waals surface area contributed by atoms with Crippen molar-refractivity contribution in [1.29, 1.82) is 0 Å². The fourth-order valence-electron chi connectivity index (χ4n) is 7.70. The van der Waals surface area contributed by atoms with Gasteiger partial charge in [0.25, 0.3) is 11.8 Å². The zero-order valence-corrected chi connectivity index (χ0v) is 38.3. The molecule has 24 heteroatoms. The summed E-state index contributed by atoms with van der Waals surface area (Å²) in [5.74, 6) is -10.9. The zero-order chi connectivity index (χ0) is 51.8. The molecular formula is C45H54F8N6O10. The maximum absolute atomic E-state index is 14.0. The Labute approximate surface area is 391 Å². The lowest BCUT2D eigenvalue weighted by Gasteiger charge is -2.32. The summed E-state index contributed by atoms with van der Waals surface area (Å²) in [6, 6.07) is 4.26. The number of hydrogen-bond acceptors (Lipinski definition) is 10. The number of hydrogen-bond donors (Lipinski definition) is 4. The molecule has 2 aliphatic rings. The van der Waals surface area contributed by atoms with Crippen molar-refractivity contribution in [2.45, 2.75) is 129 Å². The molecule has 0 radical (unpaired) electrons. The third-order valence-electron chi connectivity index (χ3n) is 11.4. The highest BCUT2D eigenvalue weighted by molar-refractivity contribution is 6.02. The van der Waals surface area contributed by atoms with Gasteiger partial charge in [0.15, 0.2) is 0 Å². The summed E-state index contributed by atoms with van der Waals surface area (Å²) in [5.41, 5.74) is 0.383. The van der Waals surface area contributed by atoms with Crippen LogP contribution in [0.2, 0.25) is 0 Å². The predicted molar refractivity (Wildman–Crippen MR) is 226 cm³/mol. The average molecular weight is 991 g/mol. The highest BCUT2D eigenvalue weighted by Gasteiger charge is 2.62. The molecule has 2 heterocycles. The molecule has 2 aromatic rings. The molecule has 69 heavy (non-hydrogen) atoms. The molecule has 6 atom stereocenters. The number of alkyl halides is 8. The van der Waals surface area contributed by atoms with Crippen LogP contribution in [0.25, 0.3) is 0 Å². The van der Waals surface area contributed by atoms with Crippen molar-refractivity contribution in [2.24, 2.45) is 17.8 Å². The van der Waals surface area contributed by atoms with Crippen LogP contribution in [0.4, 0.5) is 35.1 Å². The van der Waals surface area contributed by atoms with Gasteiger partial charge in [-0.2, -0.15) is 22.0 Å². The largest absolute Gasteiger partial charge is 0.575 e. The summed E-state index contributed by atoms with van der Waals surface area (Å²) in [6.07, 6.45) is -17.0. The lowest BCUT2D eigenvalue weighted by Crippen LogP contribution is -2.57. The third-order valence-corrected chi connectivity index (χ3v) is 11.4. The van der Waals surface area contributed by atoms with Crippen molar-refractivity contribution in [1.82, 2.24) is 31.1 Å². The van der Waals surface area contributed by atoms with Gasteiger partial charge in [-0.1, -0.05) is 71.9 Å². The van der Waals surface area contributed by atoms with Crippen LogP contribution >= 0.6 is 0 Å². The molecule has 6 amide bonds. The van der Waals surface area contributed by atoms with E-state index in [4.69, 9.17) is 0 Å². The van der Waals surface area contributed by atoms with Gasteiger partial charge >= 0.3 is 30.6 Å². The van der Waals surface area contributed by atoms with Crippen molar-refractivity contribution in [3.05, 3.63) is 71.3 Å². The number of carbonyl (C=O) groups excluding carboxylic acids is 8. The number of carbonyl (C=O) groups is 8. The van der Waals surface area contributed by atoms with E-state index in [2.05, 4.69) is 30.7 Å². The minimum atomic E-state index is -6.22. The van der Waals surface area contributed by atoms with E-state index >= 15 is 0 Å². The molecule has 4 rings (SSSR count). The Balaban J connectivity index is 1.41. The molecule has 4 N–H and O–H groups in total. The van der Waals surface area contributed by atoms with E-state index in [1.165, 1.54) is 43.0 Å². The van der Waals surface area contributed by atoms with Gasteiger partial charge < -0.3 is 40.5 Å². The zero-order valence-electron chi connectivity index (χ0n) is 38.3. The molecule has 0 saturated carbocycles. The lowest BCUT2D eigenvalue weighted by molar-refractivity contribution is -0.376. The maximum atomic E-state index is 14.0. The SMILES string of the molecule is CC(C)[C@H](NC(=O)[C@@H]1CCCN1C(=O)[C@@H](NC(=O)c1ccc(C(=O)N[C@H](C(=O)N2CCC[C@@H]2C(=O)N[C@@H](Cc2ccccc2)C(=O)OC(F)(F)F)C(C)C)cc1)C(C)C)C(=O)OC(F)(F)C(F)(F)F. The van der Waals surface area contributed by atoms with Gasteiger partial charge in [0.1, 0.15) is 36.3 Å². The number of nitrogens with one attached hydrogen (secondary N) is 4. The monoisotopic (exact) mass is 990 g/mol. The number of halogens is 8. The molecule has 380 valence electrons. The highest BCUT2D eigenvalue weighted by Crippen LogP contribution is 2.37. The first kappa shape index (κ1) is 55.2. The second-order valence-corrected chi connectivity index (χ2v) is 17.6. The molecular weight excluding hydrogens is 937 g/mol. The van der Waals surface area contributed by atoms with E-state index in [9.17, 15) is 73.5 Å². The molecule has 0 unspecified atom stereocenters. The summed E-state index contributed by atoms with van der Waals surface area (Å²) >= 11 is 0. The molecule has 2 aromatic carbocycles. The molecule has 2 fully saturated rings. The van der Waals surface area contributed by atoms with E-state index in [1.54, 1.807) is 58.0 Å². The maximum Gasteiger partial charge on any atom is 0.575 e. The Hall–Kier alpha value is -6.36. The van der Waals surface area contributed by atoms with E-state index in [1.807, 2.05) is 0 Å². The summed E-state index contributed by atoms with van der Waals surface area (Å²) < 4.78 is 111. The first-order chi connectivity index (χ1) is 32.0. The standard InChI is InChI=1S/C45H54F8N6O10/c1-23(2)32(39(64)58-20-10-14-30(58)37(62)54-29(41(66)69-45(51,52)53)22-26-12-8-7-9-13-26)55-35(60)27-16-18-28(19-17-27)36(61)56-33(24(3)4)40(65)59-21-11-15-31(59)38(63)57-34(25(5)6)42(67)68-44(49,50)43(46,47)48/h7-9,12-13,16-19,23-25,29-34H,10-11,14-15,20-22H2,1-6H3,(H,54,62)(H,55,60)(H,56,61)(H,57,63)/t29-,30+,31-,32-,33-,34-/m0/s1. The average Bonchev–Trinajstić information content (AvgIpc) is 3.96. The summed E-state index contributed by atoms with van der Waals surface area (Å²) in [5, 5.41) is 9.66. The summed E-state index contributed by atoms with van der Waals surface area (Å²) in [4.78, 5) is 109. The van der Waals surface area contributed by atoms with Crippen molar-refractivity contribution in [3.63, 3.8) is 0 Å². The van der Waals surface area contributed by atoms with Crippen LogP contribution in [0, 0.1) is 17.8 Å². The Morgan fingerprint density at radius 1 is 0.565 bits per heavy atom. The first-order valence-electron chi connectivity index (χ1n) is 22.0. The fourth-order valence-corrected chi connectivity index (χ4v) is 7.70. The lowest BCUT2D eigenvalue weighted by atomic mass is 10.00. The number of benzene rings is 2. The van der Waals surface area contributed by atoms with Gasteiger partial charge in [-0.05, 0) is 73.3 Å². The molecule has 2 aliphatic heterocycles. The van der Waals surface area contributed by atoms with Crippen LogP contribution in [-0.4, -0.2) is 125 Å². The third kappa shape index (κ3) is 14.6. The smallest absolute Gasteiger partial charge is 0.392 e. The summed E-state index contributed by atoms with van der Waals surface area (Å²) in [6.45, 7) is 9.00. The van der Waals surface area contributed by atoms with Gasteiger partial charge in [0.05, 0.1) is 0 Å². The van der Waals surface area contributed by atoms with Crippen molar-refractivity contribution < 1.29 is 83.0 Å². The van der Waals surface area contributed by atoms with Crippen LogP contribution in [0.5, 0.6) is 0 Å². The van der Waals surface area contributed by atoms with Crippen LogP contribution in [0.3, 0.4) is 0 Å². The Bertz CT molecular complexity index is 2190. The van der Waals surface area contributed by atoms with Crippen LogP contribution < -0.4 is 21.3 Å². The molecule has 0 bridgehead atoms. The topological polar surface area (TPSA) is 210 Å². The quantitative estimate of drug-likeness (QED) is 0.118. The van der Waals surface area contributed by atoms with Crippen molar-refractivity contribution >= 4 is 47.4 Å². The number of rotatable bonds is 18. The van der Waals surface area contributed by atoms with Gasteiger partial charge in [0, 0.05) is 30.6 Å². The first-order valence-corrected chi connectivity index (χ1v) is 22.0. The van der Waals surface area contributed by atoms with E-state index in [0.29, 0.717) is 12.0 Å². The second-order valence-electron chi connectivity index (χ2n) is 17.6. The van der Waals surface area contributed by atoms with Gasteiger partial charge in [-0.15, -0.1) is 13.2 Å². The fraction of sp³-hybridized carbons (Fsp3) is 0.556. The number of esters is 2. The van der Waals surface area contributed by atoms with Crippen LogP contribution in [0.15, 0.2) is 54.6 Å². The molecule has 0 aliphatic carbocycles. The number of ether oxygens (including phenoxy) is 2. The normalized spacial score (nSPS) is 18.3. The molecule has 16 nitrogen and oxygen atoms in total. The summed E-state index contributed by atoms with van der Waals surface area (Å²) in [7, 11) is 0. The van der Waals surface area contributed by atoms with E-state index < -0.39 is 120 Å². The van der Waals surface area contributed by atoms with Gasteiger partial charge in [0.2, 0.25) is 23.6 Å². The second kappa shape index (κ2) is 22.8. The van der Waals surface area contributed by atoms with E-state index in [0.717, 1.165) is 4.90 Å². The Morgan fingerprint density at radius 3 is 1.38 bits per heavy atom. The van der Waals surface area contributed by atoms with Crippen molar-refractivity contribution in [2.75, 3.05) is 13.1 Å².